The van der Waals surface area contributed by atoms with E-state index < -0.39 is 11.8 Å². The standard InChI is InChI=1S/C24H18FN3O3/c25-18-13-11-17(12-14-18)24-28-27-21(31-24)15-20(22(29)16-7-3-1-4-8-16)23(30)26-19-9-5-2-6-10-19/h1-14,20H,15H2,(H,26,30)/t20-/m1/s1. The molecule has 1 aromatic heterocycles. The molecule has 4 rings (SSSR count). The Labute approximate surface area is 177 Å². The van der Waals surface area contributed by atoms with E-state index in [9.17, 15) is 14.0 Å². The minimum Gasteiger partial charge on any atom is -0.421 e. The summed E-state index contributed by atoms with van der Waals surface area (Å²) >= 11 is 0. The van der Waals surface area contributed by atoms with Crippen molar-refractivity contribution >= 4 is 17.4 Å². The lowest BCUT2D eigenvalue weighted by Gasteiger charge is -2.14. The minimum absolute atomic E-state index is 0.0689. The van der Waals surface area contributed by atoms with Gasteiger partial charge in [0.2, 0.25) is 17.7 Å². The van der Waals surface area contributed by atoms with Crippen LogP contribution in [0.15, 0.2) is 89.3 Å². The van der Waals surface area contributed by atoms with Crippen molar-refractivity contribution in [2.75, 3.05) is 5.32 Å². The van der Waals surface area contributed by atoms with Gasteiger partial charge in [-0.15, -0.1) is 10.2 Å². The molecule has 0 aliphatic rings. The Bertz CT molecular complexity index is 1180. The van der Waals surface area contributed by atoms with Crippen molar-refractivity contribution in [3.63, 3.8) is 0 Å². The van der Waals surface area contributed by atoms with E-state index in [2.05, 4.69) is 15.5 Å². The number of Topliss-reactive ketones (excluding diaryl/α,β-unsaturated/α-hetero) is 1. The first-order valence-electron chi connectivity index (χ1n) is 9.63. The maximum absolute atomic E-state index is 13.1. The summed E-state index contributed by atoms with van der Waals surface area (Å²) in [4.78, 5) is 26.1. The molecule has 0 aliphatic heterocycles. The summed E-state index contributed by atoms with van der Waals surface area (Å²) in [5.41, 5.74) is 1.53. The maximum atomic E-state index is 13.1. The molecule has 6 nitrogen and oxygen atoms in total. The molecule has 0 fully saturated rings. The lowest BCUT2D eigenvalue weighted by Crippen LogP contribution is -2.31. The number of ketones is 1. The Morgan fingerprint density at radius 2 is 1.52 bits per heavy atom. The van der Waals surface area contributed by atoms with Crippen molar-refractivity contribution < 1.29 is 18.4 Å². The molecule has 0 saturated carbocycles. The molecule has 31 heavy (non-hydrogen) atoms. The van der Waals surface area contributed by atoms with E-state index in [1.54, 1.807) is 54.6 Å². The van der Waals surface area contributed by atoms with Crippen LogP contribution in [0, 0.1) is 11.7 Å². The van der Waals surface area contributed by atoms with Crippen LogP contribution in [0.1, 0.15) is 16.2 Å². The van der Waals surface area contributed by atoms with Crippen LogP contribution in [0.25, 0.3) is 11.5 Å². The fraction of sp³-hybridized carbons (Fsp3) is 0.0833. The first-order valence-corrected chi connectivity index (χ1v) is 9.63. The van der Waals surface area contributed by atoms with Crippen LogP contribution in [0.3, 0.4) is 0 Å². The van der Waals surface area contributed by atoms with Crippen LogP contribution in [-0.4, -0.2) is 21.9 Å². The molecule has 0 radical (unpaired) electrons. The number of hydrogen-bond donors (Lipinski definition) is 1. The SMILES string of the molecule is O=C(Nc1ccccc1)[C@H](Cc1nnc(-c2ccc(F)cc2)o1)C(=O)c1ccccc1. The fourth-order valence-electron chi connectivity index (χ4n) is 3.08. The Kier molecular flexibility index (Phi) is 5.93. The highest BCUT2D eigenvalue weighted by Gasteiger charge is 2.30. The number of halogens is 1. The van der Waals surface area contributed by atoms with E-state index in [1.807, 2.05) is 6.07 Å². The number of anilines is 1. The largest absolute Gasteiger partial charge is 0.421 e. The van der Waals surface area contributed by atoms with Crippen LogP contribution in [-0.2, 0) is 11.2 Å². The number of aromatic nitrogens is 2. The van der Waals surface area contributed by atoms with Gasteiger partial charge in [-0.05, 0) is 36.4 Å². The van der Waals surface area contributed by atoms with Crippen molar-refractivity contribution in [1.29, 1.82) is 0 Å². The van der Waals surface area contributed by atoms with Gasteiger partial charge in [0.25, 0.3) is 0 Å². The second kappa shape index (κ2) is 9.13. The highest BCUT2D eigenvalue weighted by molar-refractivity contribution is 6.13. The van der Waals surface area contributed by atoms with Crippen LogP contribution in [0.5, 0.6) is 0 Å². The summed E-state index contributed by atoms with van der Waals surface area (Å²) in [5.74, 6) is -1.95. The van der Waals surface area contributed by atoms with Gasteiger partial charge in [0.05, 0.1) is 0 Å². The molecule has 0 unspecified atom stereocenters. The summed E-state index contributed by atoms with van der Waals surface area (Å²) in [6, 6.07) is 23.1. The van der Waals surface area contributed by atoms with E-state index in [0.29, 0.717) is 16.8 Å². The zero-order chi connectivity index (χ0) is 21.6. The predicted octanol–water partition coefficient (Wildman–Crippen LogP) is 4.56. The first-order chi connectivity index (χ1) is 15.1. The van der Waals surface area contributed by atoms with Gasteiger partial charge in [0, 0.05) is 23.2 Å². The fourth-order valence-corrected chi connectivity index (χ4v) is 3.08. The van der Waals surface area contributed by atoms with E-state index in [-0.39, 0.29) is 29.8 Å². The smallest absolute Gasteiger partial charge is 0.247 e. The third-order valence-corrected chi connectivity index (χ3v) is 4.67. The topological polar surface area (TPSA) is 85.1 Å². The van der Waals surface area contributed by atoms with Gasteiger partial charge in [-0.25, -0.2) is 4.39 Å². The number of amides is 1. The Balaban J connectivity index is 1.59. The molecular formula is C24H18FN3O3. The monoisotopic (exact) mass is 415 g/mol. The third-order valence-electron chi connectivity index (χ3n) is 4.67. The third kappa shape index (κ3) is 4.90. The normalized spacial score (nSPS) is 11.6. The number of carbonyl (C=O) groups is 2. The number of nitrogens with zero attached hydrogens (tertiary/aromatic N) is 2. The first kappa shape index (κ1) is 20.2. The molecule has 0 saturated heterocycles. The zero-order valence-corrected chi connectivity index (χ0v) is 16.4. The van der Waals surface area contributed by atoms with Gasteiger partial charge in [0.1, 0.15) is 11.7 Å². The van der Waals surface area contributed by atoms with Crippen molar-refractivity contribution in [3.8, 4) is 11.5 Å². The summed E-state index contributed by atoms with van der Waals surface area (Å²) in [7, 11) is 0. The Morgan fingerprint density at radius 3 is 2.19 bits per heavy atom. The van der Waals surface area contributed by atoms with E-state index >= 15 is 0 Å². The predicted molar refractivity (Wildman–Crippen MR) is 113 cm³/mol. The van der Waals surface area contributed by atoms with Crippen LogP contribution < -0.4 is 5.32 Å². The van der Waals surface area contributed by atoms with Crippen molar-refractivity contribution in [1.82, 2.24) is 10.2 Å². The summed E-state index contributed by atoms with van der Waals surface area (Å²) < 4.78 is 18.8. The van der Waals surface area contributed by atoms with Crippen molar-refractivity contribution in [3.05, 3.63) is 102 Å². The Morgan fingerprint density at radius 1 is 0.871 bits per heavy atom. The molecule has 1 atom stereocenters. The lowest BCUT2D eigenvalue weighted by atomic mass is 9.93. The summed E-state index contributed by atoms with van der Waals surface area (Å²) in [6.45, 7) is 0. The molecular weight excluding hydrogens is 397 g/mol. The van der Waals surface area contributed by atoms with E-state index in [4.69, 9.17) is 4.42 Å². The molecule has 1 heterocycles. The molecule has 7 heteroatoms. The van der Waals surface area contributed by atoms with Gasteiger partial charge in [-0.3, -0.25) is 9.59 Å². The minimum atomic E-state index is -1.07. The summed E-state index contributed by atoms with van der Waals surface area (Å²) in [5, 5.41) is 10.7. The molecule has 1 N–H and O–H groups in total. The van der Waals surface area contributed by atoms with Crippen LogP contribution in [0.2, 0.25) is 0 Å². The highest BCUT2D eigenvalue weighted by Crippen LogP contribution is 2.22. The average molecular weight is 415 g/mol. The highest BCUT2D eigenvalue weighted by atomic mass is 19.1. The van der Waals surface area contributed by atoms with Gasteiger partial charge < -0.3 is 9.73 Å². The quantitative estimate of drug-likeness (QED) is 0.353. The molecule has 0 spiro atoms. The van der Waals surface area contributed by atoms with Gasteiger partial charge in [-0.2, -0.15) is 0 Å². The summed E-state index contributed by atoms with van der Waals surface area (Å²) in [6.07, 6.45) is -0.0689. The van der Waals surface area contributed by atoms with Crippen molar-refractivity contribution in [2.24, 2.45) is 5.92 Å². The molecule has 3 aromatic carbocycles. The number of nitrogens with one attached hydrogen (secondary N) is 1. The van der Waals surface area contributed by atoms with Crippen LogP contribution in [0.4, 0.5) is 10.1 Å². The number of rotatable bonds is 7. The zero-order valence-electron chi connectivity index (χ0n) is 16.4. The number of para-hydroxylation sites is 1. The number of carbonyl (C=O) groups excluding carboxylic acids is 2. The van der Waals surface area contributed by atoms with Gasteiger partial charge in [-0.1, -0.05) is 48.5 Å². The molecule has 4 aromatic rings. The van der Waals surface area contributed by atoms with Gasteiger partial charge >= 0.3 is 0 Å². The lowest BCUT2D eigenvalue weighted by molar-refractivity contribution is -0.118. The molecule has 1 amide bonds. The Hall–Kier alpha value is -4.13. The number of benzene rings is 3. The van der Waals surface area contributed by atoms with E-state index in [0.717, 1.165) is 0 Å². The maximum Gasteiger partial charge on any atom is 0.247 e. The van der Waals surface area contributed by atoms with E-state index in [1.165, 1.54) is 24.3 Å². The van der Waals surface area contributed by atoms with Crippen LogP contribution >= 0.6 is 0 Å². The second-order valence-corrected chi connectivity index (χ2v) is 6.85. The molecule has 154 valence electrons. The molecule has 0 aliphatic carbocycles. The average Bonchev–Trinajstić information content (AvgIpc) is 3.27. The second-order valence-electron chi connectivity index (χ2n) is 6.85. The van der Waals surface area contributed by atoms with Crippen molar-refractivity contribution in [2.45, 2.75) is 6.42 Å². The molecule has 0 bridgehead atoms. The number of hydrogen-bond acceptors (Lipinski definition) is 5. The van der Waals surface area contributed by atoms with Gasteiger partial charge in [0.15, 0.2) is 5.78 Å².